The minimum absolute atomic E-state index is 0.329. The number of hydrogen-bond acceptors (Lipinski definition) is 8. The highest BCUT2D eigenvalue weighted by atomic mass is 16.3. The fourth-order valence-electron chi connectivity index (χ4n) is 2.58. The van der Waals surface area contributed by atoms with E-state index >= 15 is 0 Å². The number of hydrogen-bond donors (Lipinski definition) is 3. The van der Waals surface area contributed by atoms with Gasteiger partial charge in [-0.1, -0.05) is 0 Å². The molecule has 126 valence electrons. The smallest absolute Gasteiger partial charge is 0.256 e. The van der Waals surface area contributed by atoms with Gasteiger partial charge in [-0.15, -0.1) is 5.10 Å². The third-order valence-corrected chi connectivity index (χ3v) is 3.88. The molecule has 6 N–H and O–H groups in total. The summed E-state index contributed by atoms with van der Waals surface area (Å²) in [6.45, 7) is 0. The van der Waals surface area contributed by atoms with Gasteiger partial charge in [-0.3, -0.25) is 4.98 Å². The topological polar surface area (TPSA) is 147 Å². The zero-order valence-electron chi connectivity index (χ0n) is 13.3. The molecule has 0 saturated heterocycles. The van der Waals surface area contributed by atoms with E-state index in [-0.39, 0.29) is 0 Å². The van der Waals surface area contributed by atoms with Crippen LogP contribution in [0, 0.1) is 0 Å². The highest BCUT2D eigenvalue weighted by Crippen LogP contribution is 2.23. The van der Waals surface area contributed by atoms with Gasteiger partial charge in [-0.2, -0.15) is 14.5 Å². The lowest BCUT2D eigenvalue weighted by molar-refractivity contribution is 0.577. The predicted octanol–water partition coefficient (Wildman–Crippen LogP) is 1.31. The van der Waals surface area contributed by atoms with Crippen molar-refractivity contribution in [2.75, 3.05) is 17.2 Å². The van der Waals surface area contributed by atoms with E-state index in [1.807, 2.05) is 12.1 Å². The minimum Gasteiger partial charge on any atom is -0.461 e. The molecule has 25 heavy (non-hydrogen) atoms. The molecule has 0 fully saturated rings. The summed E-state index contributed by atoms with van der Waals surface area (Å²) in [6, 6.07) is 7.21. The van der Waals surface area contributed by atoms with Crippen LogP contribution in [0.2, 0.25) is 0 Å². The van der Waals surface area contributed by atoms with Crippen molar-refractivity contribution in [1.29, 1.82) is 0 Å². The first-order valence-corrected chi connectivity index (χ1v) is 7.66. The van der Waals surface area contributed by atoms with Crippen molar-refractivity contribution in [3.8, 4) is 11.6 Å². The van der Waals surface area contributed by atoms with E-state index in [1.165, 1.54) is 4.52 Å². The van der Waals surface area contributed by atoms with Crippen molar-refractivity contribution >= 4 is 23.1 Å². The fraction of sp³-hybridized carbons (Fsp3) is 0.125. The van der Waals surface area contributed by atoms with Gasteiger partial charge in [0, 0.05) is 11.3 Å². The quantitative estimate of drug-likeness (QED) is 0.505. The van der Waals surface area contributed by atoms with E-state index in [9.17, 15) is 0 Å². The first kappa shape index (κ1) is 14.9. The summed E-state index contributed by atoms with van der Waals surface area (Å²) in [5.74, 6) is 2.01. The van der Waals surface area contributed by atoms with E-state index in [4.69, 9.17) is 21.6 Å². The number of aryl methyl sites for hydroxylation is 1. The number of fused-ring (bicyclic) bond motifs is 1. The second kappa shape index (κ2) is 5.78. The number of nitrogens with two attached hydrogens (primary N) is 3. The lowest BCUT2D eigenvalue weighted by Crippen LogP contribution is -2.11. The van der Waals surface area contributed by atoms with Crippen molar-refractivity contribution in [2.24, 2.45) is 0 Å². The Hall–Kier alpha value is -3.62. The molecule has 4 aromatic rings. The molecule has 9 nitrogen and oxygen atoms in total. The Morgan fingerprint density at radius 1 is 1.04 bits per heavy atom. The Morgan fingerprint density at radius 3 is 2.64 bits per heavy atom. The molecule has 0 unspecified atom stereocenters. The van der Waals surface area contributed by atoms with Gasteiger partial charge < -0.3 is 21.6 Å². The van der Waals surface area contributed by atoms with E-state index in [1.54, 1.807) is 24.6 Å². The molecule has 0 radical (unpaired) electrons. The van der Waals surface area contributed by atoms with Crippen LogP contribution in [0.3, 0.4) is 0 Å². The van der Waals surface area contributed by atoms with Crippen LogP contribution in [-0.2, 0) is 12.8 Å². The van der Waals surface area contributed by atoms with Crippen molar-refractivity contribution in [2.45, 2.75) is 12.8 Å². The number of nitrogen functional groups attached to an aromatic ring is 3. The van der Waals surface area contributed by atoms with Gasteiger partial charge in [0.25, 0.3) is 5.78 Å². The molecule has 0 aliphatic heterocycles. The van der Waals surface area contributed by atoms with Gasteiger partial charge in [0.05, 0.1) is 18.1 Å². The second-order valence-electron chi connectivity index (χ2n) is 5.57. The summed E-state index contributed by atoms with van der Waals surface area (Å²) < 4.78 is 6.78. The average molecular weight is 336 g/mol. The van der Waals surface area contributed by atoms with Crippen molar-refractivity contribution in [3.63, 3.8) is 0 Å². The van der Waals surface area contributed by atoms with Crippen LogP contribution in [0.1, 0.15) is 11.3 Å². The van der Waals surface area contributed by atoms with Gasteiger partial charge in [-0.25, -0.2) is 0 Å². The normalized spacial score (nSPS) is 11.2. The third-order valence-electron chi connectivity index (χ3n) is 3.88. The molecule has 0 aliphatic rings. The fourth-order valence-corrected chi connectivity index (χ4v) is 2.58. The number of anilines is 3. The molecule has 0 bridgehead atoms. The van der Waals surface area contributed by atoms with Crippen molar-refractivity contribution in [1.82, 2.24) is 24.6 Å². The molecular formula is C16H16N8O. The summed E-state index contributed by atoms with van der Waals surface area (Å²) >= 11 is 0. The summed E-state index contributed by atoms with van der Waals surface area (Å²) in [6.07, 6.45) is 4.41. The van der Waals surface area contributed by atoms with E-state index in [0.717, 1.165) is 5.69 Å². The van der Waals surface area contributed by atoms with Gasteiger partial charge >= 0.3 is 0 Å². The van der Waals surface area contributed by atoms with Crippen LogP contribution in [-0.4, -0.2) is 24.6 Å². The first-order valence-electron chi connectivity index (χ1n) is 7.66. The van der Waals surface area contributed by atoms with E-state index in [0.29, 0.717) is 53.1 Å². The number of furan rings is 1. The Bertz CT molecular complexity index is 1020. The summed E-state index contributed by atoms with van der Waals surface area (Å²) in [4.78, 5) is 12.9. The number of aromatic nitrogens is 5. The molecule has 9 heteroatoms. The minimum atomic E-state index is 0.329. The van der Waals surface area contributed by atoms with Crippen molar-refractivity contribution < 1.29 is 4.42 Å². The molecule has 0 amide bonds. The zero-order chi connectivity index (χ0) is 17.4. The van der Waals surface area contributed by atoms with E-state index in [2.05, 4.69) is 20.1 Å². The van der Waals surface area contributed by atoms with Crippen molar-refractivity contribution in [3.05, 3.63) is 48.0 Å². The predicted molar refractivity (Wildman–Crippen MR) is 93.4 cm³/mol. The third kappa shape index (κ3) is 2.71. The molecule has 4 aromatic heterocycles. The molecule has 0 atom stereocenters. The van der Waals surface area contributed by atoms with Crippen LogP contribution in [0.4, 0.5) is 17.3 Å². The highest BCUT2D eigenvalue weighted by molar-refractivity contribution is 5.61. The summed E-state index contributed by atoms with van der Waals surface area (Å²) in [5.41, 5.74) is 20.2. The molecule has 0 aliphatic carbocycles. The molecule has 4 heterocycles. The second-order valence-corrected chi connectivity index (χ2v) is 5.57. The number of nitrogens with zero attached hydrogens (tertiary/aromatic N) is 5. The van der Waals surface area contributed by atoms with Gasteiger partial charge in [0.2, 0.25) is 5.82 Å². The lowest BCUT2D eigenvalue weighted by atomic mass is 10.1. The highest BCUT2D eigenvalue weighted by Gasteiger charge is 2.16. The summed E-state index contributed by atoms with van der Waals surface area (Å²) in [5, 5.41) is 4.36. The van der Waals surface area contributed by atoms with Gasteiger partial charge in [-0.05, 0) is 37.1 Å². The molecule has 0 spiro atoms. The molecule has 0 aromatic carbocycles. The number of pyridine rings is 1. The van der Waals surface area contributed by atoms with Gasteiger partial charge in [0.15, 0.2) is 5.76 Å². The van der Waals surface area contributed by atoms with Crippen LogP contribution in [0.25, 0.3) is 17.4 Å². The van der Waals surface area contributed by atoms with Crippen LogP contribution < -0.4 is 17.2 Å². The van der Waals surface area contributed by atoms with Crippen LogP contribution >= 0.6 is 0 Å². The zero-order valence-corrected chi connectivity index (χ0v) is 13.3. The monoisotopic (exact) mass is 336 g/mol. The number of rotatable bonds is 4. The summed E-state index contributed by atoms with van der Waals surface area (Å²) in [7, 11) is 0. The SMILES string of the molecule is Nc1ccc(CCc2c(N)nc3nc(-c4ccco4)nn3c2N)nc1. The lowest BCUT2D eigenvalue weighted by Gasteiger charge is -2.09. The average Bonchev–Trinajstić information content (AvgIpc) is 3.25. The molecule has 0 saturated carbocycles. The van der Waals surface area contributed by atoms with E-state index < -0.39 is 0 Å². The standard InChI is InChI=1S/C16H16N8O/c17-9-3-4-10(20-8-9)5-6-11-13(18)21-16-22-15(12-2-1-7-25-12)23-24(16)14(11)19/h1-4,7-8H,5-6,17,19H2,(H2,18,21,22,23). The van der Waals surface area contributed by atoms with Crippen LogP contribution in [0.5, 0.6) is 0 Å². The maximum atomic E-state index is 6.24. The maximum absolute atomic E-state index is 6.24. The molecular weight excluding hydrogens is 320 g/mol. The maximum Gasteiger partial charge on any atom is 0.256 e. The Morgan fingerprint density at radius 2 is 1.92 bits per heavy atom. The van der Waals surface area contributed by atoms with Gasteiger partial charge in [0.1, 0.15) is 11.6 Å². The largest absolute Gasteiger partial charge is 0.461 e. The Balaban J connectivity index is 1.67. The first-order chi connectivity index (χ1) is 12.1. The molecule has 4 rings (SSSR count). The Kier molecular flexibility index (Phi) is 3.46. The Labute approximate surface area is 142 Å². The van der Waals surface area contributed by atoms with Crippen LogP contribution in [0.15, 0.2) is 41.1 Å².